The number of hydrogen-bond acceptors (Lipinski definition) is 6. The molecule has 4 rings (SSSR count). The van der Waals surface area contributed by atoms with Crippen molar-refractivity contribution in [2.45, 2.75) is 18.9 Å². The van der Waals surface area contributed by atoms with E-state index in [1.807, 2.05) is 60.7 Å². The van der Waals surface area contributed by atoms with Gasteiger partial charge >= 0.3 is 5.97 Å². The highest BCUT2D eigenvalue weighted by atomic mass is 16.5. The fourth-order valence-corrected chi connectivity index (χ4v) is 4.03. The van der Waals surface area contributed by atoms with E-state index in [0.29, 0.717) is 44.0 Å². The minimum Gasteiger partial charge on any atom is -0.490 e. The zero-order valence-corrected chi connectivity index (χ0v) is 20.5. The number of benzene rings is 3. The molecule has 0 saturated carbocycles. The average molecular weight is 503 g/mol. The third kappa shape index (κ3) is 7.57. The molecule has 37 heavy (non-hydrogen) atoms. The summed E-state index contributed by atoms with van der Waals surface area (Å²) >= 11 is 0. The molecule has 0 radical (unpaired) electrons. The predicted octanol–water partition coefficient (Wildman–Crippen LogP) is 3.26. The Balaban J connectivity index is 1.31. The van der Waals surface area contributed by atoms with E-state index in [2.05, 4.69) is 5.32 Å². The largest absolute Gasteiger partial charge is 0.490 e. The van der Waals surface area contributed by atoms with Crippen molar-refractivity contribution in [3.63, 3.8) is 0 Å². The normalized spacial score (nSPS) is 15.0. The maximum Gasteiger partial charge on any atom is 0.308 e. The van der Waals surface area contributed by atoms with E-state index >= 15 is 0 Å². The summed E-state index contributed by atoms with van der Waals surface area (Å²) in [5.41, 5.74) is 1.43. The quantitative estimate of drug-likeness (QED) is 0.320. The lowest BCUT2D eigenvalue weighted by atomic mass is 10.1. The number of nitrogens with one attached hydrogen (secondary N) is 1. The van der Waals surface area contributed by atoms with Crippen LogP contribution in [0.2, 0.25) is 0 Å². The van der Waals surface area contributed by atoms with Gasteiger partial charge in [-0.25, -0.2) is 0 Å². The second kappa shape index (κ2) is 13.1. The van der Waals surface area contributed by atoms with Crippen LogP contribution < -0.4 is 14.8 Å². The van der Waals surface area contributed by atoms with Crippen LogP contribution in [0.4, 0.5) is 0 Å². The van der Waals surface area contributed by atoms with E-state index in [0.717, 1.165) is 11.3 Å². The molecule has 0 bridgehead atoms. The monoisotopic (exact) mass is 502 g/mol. The highest BCUT2D eigenvalue weighted by Gasteiger charge is 2.35. The van der Waals surface area contributed by atoms with E-state index in [9.17, 15) is 14.4 Å². The van der Waals surface area contributed by atoms with Crippen LogP contribution in [0.25, 0.3) is 0 Å². The van der Waals surface area contributed by atoms with E-state index in [1.54, 1.807) is 24.3 Å². The summed E-state index contributed by atoms with van der Waals surface area (Å²) in [6.07, 6.45) is 0.370. The maximum atomic E-state index is 13.3. The van der Waals surface area contributed by atoms with Gasteiger partial charge in [0, 0.05) is 25.1 Å². The van der Waals surface area contributed by atoms with Crippen molar-refractivity contribution in [1.29, 1.82) is 0 Å². The highest BCUT2D eigenvalue weighted by molar-refractivity contribution is 5.99. The molecule has 0 aliphatic carbocycles. The second-order valence-electron chi connectivity index (χ2n) is 8.50. The molecule has 1 unspecified atom stereocenters. The second-order valence-corrected chi connectivity index (χ2v) is 8.50. The fourth-order valence-electron chi connectivity index (χ4n) is 4.03. The van der Waals surface area contributed by atoms with Crippen LogP contribution in [-0.2, 0) is 20.7 Å². The zero-order chi connectivity index (χ0) is 25.9. The lowest BCUT2D eigenvalue weighted by Crippen LogP contribution is -2.57. The van der Waals surface area contributed by atoms with Crippen molar-refractivity contribution in [3.8, 4) is 11.5 Å². The Morgan fingerprint density at radius 2 is 1.51 bits per heavy atom. The van der Waals surface area contributed by atoms with Gasteiger partial charge in [-0.2, -0.15) is 0 Å². The first kappa shape index (κ1) is 25.8. The first-order valence-electron chi connectivity index (χ1n) is 12.3. The Bertz CT molecular complexity index is 1190. The predicted molar refractivity (Wildman–Crippen MR) is 137 cm³/mol. The van der Waals surface area contributed by atoms with Gasteiger partial charge < -0.3 is 24.4 Å². The smallest absolute Gasteiger partial charge is 0.308 e. The van der Waals surface area contributed by atoms with E-state index in [4.69, 9.17) is 14.2 Å². The van der Waals surface area contributed by atoms with Gasteiger partial charge in [-0.05, 0) is 35.9 Å². The molecule has 2 amide bonds. The number of amides is 2. The number of esters is 1. The molecule has 192 valence electrons. The zero-order valence-electron chi connectivity index (χ0n) is 20.5. The Morgan fingerprint density at radius 3 is 2.27 bits per heavy atom. The van der Waals surface area contributed by atoms with Gasteiger partial charge in [0.2, 0.25) is 5.91 Å². The summed E-state index contributed by atoms with van der Waals surface area (Å²) in [5, 5.41) is 2.74. The van der Waals surface area contributed by atoms with Gasteiger partial charge in [-0.1, -0.05) is 54.6 Å². The topological polar surface area (TPSA) is 94.2 Å². The van der Waals surface area contributed by atoms with Gasteiger partial charge in [-0.3, -0.25) is 14.4 Å². The van der Waals surface area contributed by atoms with Crippen LogP contribution in [0.15, 0.2) is 84.9 Å². The Morgan fingerprint density at radius 1 is 0.838 bits per heavy atom. The van der Waals surface area contributed by atoms with Gasteiger partial charge in [0.15, 0.2) is 0 Å². The molecule has 1 saturated heterocycles. The molecule has 8 heteroatoms. The summed E-state index contributed by atoms with van der Waals surface area (Å²) in [6.45, 7) is 1.47. The number of ether oxygens (including phenoxy) is 3. The van der Waals surface area contributed by atoms with Crippen molar-refractivity contribution < 1.29 is 28.6 Å². The Labute approximate surface area is 216 Å². The standard InChI is InChI=1S/C29H30N2O6/c32-27(37-17-14-22-8-3-1-4-9-22)21-26-28(33)30-15-16-31(26)29(34)23-10-7-13-25(20-23)36-19-18-35-24-11-5-2-6-12-24/h1-13,20,26H,14-19,21H2,(H,30,33). The molecule has 0 spiro atoms. The van der Waals surface area contributed by atoms with Gasteiger partial charge in [0.1, 0.15) is 30.8 Å². The summed E-state index contributed by atoms with van der Waals surface area (Å²) in [5.74, 6) is 0.0307. The van der Waals surface area contributed by atoms with Crippen molar-refractivity contribution in [3.05, 3.63) is 96.1 Å². The van der Waals surface area contributed by atoms with Gasteiger partial charge in [-0.15, -0.1) is 0 Å². The summed E-state index contributed by atoms with van der Waals surface area (Å²) < 4.78 is 16.7. The number of hydrogen-bond donors (Lipinski definition) is 1. The maximum absolute atomic E-state index is 13.3. The number of carbonyl (C=O) groups excluding carboxylic acids is 3. The molecule has 1 N–H and O–H groups in total. The molecule has 8 nitrogen and oxygen atoms in total. The third-order valence-electron chi connectivity index (χ3n) is 5.89. The number of nitrogens with zero attached hydrogens (tertiary/aromatic N) is 1. The third-order valence-corrected chi connectivity index (χ3v) is 5.89. The van der Waals surface area contributed by atoms with E-state index < -0.39 is 12.0 Å². The SMILES string of the molecule is O=C(CC1C(=O)NCCN1C(=O)c1cccc(OCCOc2ccccc2)c1)OCCc1ccccc1. The number of piperazine rings is 1. The van der Waals surface area contributed by atoms with Crippen LogP contribution in [0.1, 0.15) is 22.3 Å². The Hall–Kier alpha value is -4.33. The molecular weight excluding hydrogens is 472 g/mol. The number of para-hydroxylation sites is 1. The van der Waals surface area contributed by atoms with Crippen LogP contribution in [0.5, 0.6) is 11.5 Å². The number of rotatable bonds is 11. The molecule has 1 heterocycles. The minimum absolute atomic E-state index is 0.207. The van der Waals surface area contributed by atoms with Crippen molar-refractivity contribution in [2.75, 3.05) is 32.9 Å². The van der Waals surface area contributed by atoms with Gasteiger partial charge in [0.05, 0.1) is 13.0 Å². The van der Waals surface area contributed by atoms with Crippen LogP contribution in [-0.4, -0.2) is 61.6 Å². The molecule has 1 fully saturated rings. The summed E-state index contributed by atoms with van der Waals surface area (Å²) in [7, 11) is 0. The number of carbonyl (C=O) groups is 3. The highest BCUT2D eigenvalue weighted by Crippen LogP contribution is 2.19. The summed E-state index contributed by atoms with van der Waals surface area (Å²) in [6, 6.07) is 24.9. The fraction of sp³-hybridized carbons (Fsp3) is 0.276. The molecule has 3 aromatic carbocycles. The molecule has 3 aromatic rings. The van der Waals surface area contributed by atoms with Gasteiger partial charge in [0.25, 0.3) is 5.91 Å². The first-order valence-corrected chi connectivity index (χ1v) is 12.3. The lowest BCUT2D eigenvalue weighted by molar-refractivity contribution is -0.147. The summed E-state index contributed by atoms with van der Waals surface area (Å²) in [4.78, 5) is 39.8. The first-order chi connectivity index (χ1) is 18.1. The lowest BCUT2D eigenvalue weighted by Gasteiger charge is -2.34. The van der Waals surface area contributed by atoms with Crippen LogP contribution in [0, 0.1) is 0 Å². The Kier molecular flexibility index (Phi) is 9.12. The van der Waals surface area contributed by atoms with Crippen molar-refractivity contribution in [1.82, 2.24) is 10.2 Å². The molecule has 1 aliphatic rings. The molecule has 0 aromatic heterocycles. The van der Waals surface area contributed by atoms with E-state index in [-0.39, 0.29) is 24.8 Å². The minimum atomic E-state index is -0.936. The van der Waals surface area contributed by atoms with Crippen LogP contribution in [0.3, 0.4) is 0 Å². The average Bonchev–Trinajstić information content (AvgIpc) is 2.93. The van der Waals surface area contributed by atoms with Crippen LogP contribution >= 0.6 is 0 Å². The molecular formula is C29H30N2O6. The molecule has 1 atom stereocenters. The van der Waals surface area contributed by atoms with Crippen molar-refractivity contribution >= 4 is 17.8 Å². The van der Waals surface area contributed by atoms with Crippen molar-refractivity contribution in [2.24, 2.45) is 0 Å². The molecule has 1 aliphatic heterocycles. The van der Waals surface area contributed by atoms with E-state index in [1.165, 1.54) is 4.90 Å².